The van der Waals surface area contributed by atoms with Gasteiger partial charge < -0.3 is 9.64 Å². The molecule has 33 heavy (non-hydrogen) atoms. The van der Waals surface area contributed by atoms with E-state index in [0.717, 1.165) is 18.8 Å². The Kier molecular flexibility index (Phi) is 5.51. The maximum atomic E-state index is 6.68. The van der Waals surface area contributed by atoms with Crippen LogP contribution in [-0.2, 0) is 0 Å². The molecule has 1 fully saturated rings. The molecule has 2 nitrogen and oxygen atoms in total. The van der Waals surface area contributed by atoms with Gasteiger partial charge in [0, 0.05) is 24.3 Å². The zero-order chi connectivity index (χ0) is 23.3. The van der Waals surface area contributed by atoms with E-state index in [0.29, 0.717) is 5.92 Å². The van der Waals surface area contributed by atoms with Gasteiger partial charge in [-0.2, -0.15) is 0 Å². The fourth-order valence-corrected chi connectivity index (χ4v) is 6.24. The van der Waals surface area contributed by atoms with Gasteiger partial charge in [0.25, 0.3) is 0 Å². The van der Waals surface area contributed by atoms with Crippen LogP contribution in [0.25, 0.3) is 0 Å². The Hall–Kier alpha value is -2.74. The molecule has 1 saturated heterocycles. The molecule has 0 radical (unpaired) electrons. The van der Waals surface area contributed by atoms with Crippen molar-refractivity contribution in [3.05, 3.63) is 93.5 Å². The van der Waals surface area contributed by atoms with Gasteiger partial charge in [0.05, 0.1) is 5.92 Å². The first-order valence-corrected chi connectivity index (χ1v) is 12.5. The van der Waals surface area contributed by atoms with Crippen LogP contribution >= 0.6 is 0 Å². The quantitative estimate of drug-likeness (QED) is 0.416. The molecule has 2 heteroatoms. The minimum absolute atomic E-state index is 0.244. The number of nitrogens with zero attached hydrogens (tertiary/aromatic N) is 1. The van der Waals surface area contributed by atoms with Crippen LogP contribution in [0.1, 0.15) is 77.5 Å². The highest BCUT2D eigenvalue weighted by Crippen LogP contribution is 2.54. The van der Waals surface area contributed by atoms with Crippen LogP contribution in [0.15, 0.2) is 54.6 Å². The lowest BCUT2D eigenvalue weighted by Gasteiger charge is -2.37. The van der Waals surface area contributed by atoms with Gasteiger partial charge in [0.1, 0.15) is 11.4 Å². The van der Waals surface area contributed by atoms with Crippen LogP contribution in [0.2, 0.25) is 0 Å². The molecule has 3 aromatic rings. The van der Waals surface area contributed by atoms with Crippen LogP contribution in [0, 0.1) is 27.7 Å². The summed E-state index contributed by atoms with van der Waals surface area (Å²) >= 11 is 0. The molecule has 0 aliphatic carbocycles. The fraction of sp³-hybridized carbons (Fsp3) is 0.419. The van der Waals surface area contributed by atoms with Gasteiger partial charge in [0.15, 0.2) is 0 Å². The summed E-state index contributed by atoms with van der Waals surface area (Å²) in [5, 5.41) is 0. The standard InChI is InChI=1S/C31H37NO/c1-20-12-14-26(15-13-20)28-27-23(4)29(21(2)22(3)30(27)33-31(28,5)6)32-18-16-25(17-19-32)24-10-8-7-9-11-24/h7-15,25,28H,16-19H2,1-6H3/t28-/m1/s1. The Morgan fingerprint density at radius 2 is 1.39 bits per heavy atom. The van der Waals surface area contributed by atoms with Gasteiger partial charge in [-0.3, -0.25) is 0 Å². The molecule has 2 aliphatic rings. The lowest BCUT2D eigenvalue weighted by Crippen LogP contribution is -2.34. The third-order valence-corrected chi connectivity index (χ3v) is 8.10. The van der Waals surface area contributed by atoms with Gasteiger partial charge in [-0.15, -0.1) is 0 Å². The first kappa shape index (κ1) is 22.1. The smallest absolute Gasteiger partial charge is 0.127 e. The number of benzene rings is 3. The predicted octanol–water partition coefficient (Wildman–Crippen LogP) is 7.61. The Bertz CT molecular complexity index is 1150. The second-order valence-electron chi connectivity index (χ2n) is 10.7. The van der Waals surface area contributed by atoms with Crippen LogP contribution in [-0.4, -0.2) is 18.7 Å². The van der Waals surface area contributed by atoms with E-state index < -0.39 is 0 Å². The maximum absolute atomic E-state index is 6.68. The van der Waals surface area contributed by atoms with Gasteiger partial charge in [-0.05, 0) is 88.1 Å². The highest BCUT2D eigenvalue weighted by atomic mass is 16.5. The Morgan fingerprint density at radius 1 is 0.758 bits per heavy atom. The predicted molar refractivity (Wildman–Crippen MR) is 139 cm³/mol. The van der Waals surface area contributed by atoms with Crippen molar-refractivity contribution >= 4 is 5.69 Å². The monoisotopic (exact) mass is 439 g/mol. The first-order valence-electron chi connectivity index (χ1n) is 12.5. The Labute approximate surface area is 199 Å². The molecule has 0 saturated carbocycles. The third-order valence-electron chi connectivity index (χ3n) is 8.10. The van der Waals surface area contributed by atoms with Gasteiger partial charge >= 0.3 is 0 Å². The molecule has 172 valence electrons. The summed E-state index contributed by atoms with van der Waals surface area (Å²) < 4.78 is 6.68. The molecule has 1 atom stereocenters. The highest BCUT2D eigenvalue weighted by molar-refractivity contribution is 5.72. The van der Waals surface area contributed by atoms with Crippen molar-refractivity contribution in [3.63, 3.8) is 0 Å². The number of aryl methyl sites for hydroxylation is 1. The van der Waals surface area contributed by atoms with E-state index in [1.807, 2.05) is 0 Å². The number of hydrogen-bond acceptors (Lipinski definition) is 2. The zero-order valence-electron chi connectivity index (χ0n) is 21.0. The van der Waals surface area contributed by atoms with Crippen molar-refractivity contribution in [2.45, 2.75) is 71.8 Å². The summed E-state index contributed by atoms with van der Waals surface area (Å²) in [7, 11) is 0. The summed E-state index contributed by atoms with van der Waals surface area (Å²) in [6.07, 6.45) is 2.42. The Morgan fingerprint density at radius 3 is 2.03 bits per heavy atom. The molecule has 5 rings (SSSR count). The van der Waals surface area contributed by atoms with E-state index in [-0.39, 0.29) is 11.5 Å². The van der Waals surface area contributed by atoms with E-state index in [9.17, 15) is 0 Å². The number of piperidine rings is 1. The number of ether oxygens (including phenoxy) is 1. The van der Waals surface area contributed by atoms with Crippen molar-refractivity contribution in [2.75, 3.05) is 18.0 Å². The summed E-state index contributed by atoms with van der Waals surface area (Å²) in [5.41, 5.74) is 10.8. The molecule has 0 unspecified atom stereocenters. The molecule has 2 heterocycles. The third kappa shape index (κ3) is 3.74. The normalized spacial score (nSPS) is 19.9. The minimum Gasteiger partial charge on any atom is -0.486 e. The van der Waals surface area contributed by atoms with Crippen molar-refractivity contribution in [3.8, 4) is 5.75 Å². The molecule has 2 aliphatic heterocycles. The van der Waals surface area contributed by atoms with Crippen molar-refractivity contribution < 1.29 is 4.74 Å². The van der Waals surface area contributed by atoms with E-state index in [1.54, 1.807) is 0 Å². The molecule has 0 amide bonds. The summed E-state index contributed by atoms with van der Waals surface area (Å²) in [6.45, 7) is 15.7. The summed E-state index contributed by atoms with van der Waals surface area (Å²) in [4.78, 5) is 2.65. The second kappa shape index (κ2) is 8.24. The van der Waals surface area contributed by atoms with Crippen LogP contribution in [0.4, 0.5) is 5.69 Å². The molecular weight excluding hydrogens is 402 g/mol. The average Bonchev–Trinajstić information content (AvgIpc) is 3.11. The summed E-state index contributed by atoms with van der Waals surface area (Å²) in [6, 6.07) is 20.1. The minimum atomic E-state index is -0.265. The molecule has 0 aromatic heterocycles. The molecule has 0 spiro atoms. The zero-order valence-corrected chi connectivity index (χ0v) is 21.0. The molecule has 0 N–H and O–H groups in total. The lowest BCUT2D eigenvalue weighted by molar-refractivity contribution is 0.121. The van der Waals surface area contributed by atoms with Crippen LogP contribution in [0.3, 0.4) is 0 Å². The molecule has 0 bridgehead atoms. The van der Waals surface area contributed by atoms with Crippen molar-refractivity contribution in [1.82, 2.24) is 0 Å². The Balaban J connectivity index is 1.53. The van der Waals surface area contributed by atoms with Gasteiger partial charge in [0.2, 0.25) is 0 Å². The molecule has 3 aromatic carbocycles. The second-order valence-corrected chi connectivity index (χ2v) is 10.7. The maximum Gasteiger partial charge on any atom is 0.127 e. The number of anilines is 1. The fourth-order valence-electron chi connectivity index (χ4n) is 6.24. The van der Waals surface area contributed by atoms with E-state index >= 15 is 0 Å². The van der Waals surface area contributed by atoms with Crippen LogP contribution < -0.4 is 9.64 Å². The van der Waals surface area contributed by atoms with E-state index in [2.05, 4.69) is 101 Å². The topological polar surface area (TPSA) is 12.5 Å². The number of fused-ring (bicyclic) bond motifs is 1. The average molecular weight is 440 g/mol. The SMILES string of the molecule is Cc1ccc([C@@H]2c3c(C)c(N4CCC(c5ccccc5)CC4)c(C)c(C)c3OC2(C)C)cc1. The lowest BCUT2D eigenvalue weighted by atomic mass is 9.78. The van der Waals surface area contributed by atoms with Gasteiger partial charge in [-0.25, -0.2) is 0 Å². The number of rotatable bonds is 3. The van der Waals surface area contributed by atoms with E-state index in [1.165, 1.54) is 57.5 Å². The summed E-state index contributed by atoms with van der Waals surface area (Å²) in [5.74, 6) is 2.03. The van der Waals surface area contributed by atoms with Crippen molar-refractivity contribution in [2.24, 2.45) is 0 Å². The largest absolute Gasteiger partial charge is 0.486 e. The first-order chi connectivity index (χ1) is 15.8. The molecular formula is C31H37NO. The van der Waals surface area contributed by atoms with Crippen molar-refractivity contribution in [1.29, 1.82) is 0 Å². The highest BCUT2D eigenvalue weighted by Gasteiger charge is 2.45. The number of hydrogen-bond donors (Lipinski definition) is 0. The van der Waals surface area contributed by atoms with Crippen LogP contribution in [0.5, 0.6) is 5.75 Å². The van der Waals surface area contributed by atoms with Gasteiger partial charge in [-0.1, -0.05) is 60.2 Å². The van der Waals surface area contributed by atoms with E-state index in [4.69, 9.17) is 4.74 Å².